The summed E-state index contributed by atoms with van der Waals surface area (Å²) in [4.78, 5) is 11.3. The molecule has 3 nitrogen and oxygen atoms in total. The second-order valence-electron chi connectivity index (χ2n) is 4.87. The van der Waals surface area contributed by atoms with E-state index in [1.54, 1.807) is 0 Å². The van der Waals surface area contributed by atoms with Crippen LogP contribution in [0.15, 0.2) is 24.3 Å². The molecule has 1 heterocycles. The molecule has 1 fully saturated rings. The Hall–Kier alpha value is -1.56. The van der Waals surface area contributed by atoms with Crippen LogP contribution in [0.5, 0.6) is 0 Å². The number of aliphatic carboxylic acids is 1. The lowest BCUT2D eigenvalue weighted by Gasteiger charge is -2.18. The van der Waals surface area contributed by atoms with Crippen molar-refractivity contribution in [2.24, 2.45) is 5.92 Å². The van der Waals surface area contributed by atoms with Crippen LogP contribution in [0.3, 0.4) is 0 Å². The van der Waals surface area contributed by atoms with Crippen molar-refractivity contribution < 1.29 is 27.8 Å². The second-order valence-corrected chi connectivity index (χ2v) is 4.87. The maximum atomic E-state index is 12.5. The first-order valence-electron chi connectivity index (χ1n) is 6.36. The van der Waals surface area contributed by atoms with Crippen molar-refractivity contribution in [1.82, 2.24) is 0 Å². The third-order valence-corrected chi connectivity index (χ3v) is 3.68. The Kier molecular flexibility index (Phi) is 4.04. The van der Waals surface area contributed by atoms with Crippen LogP contribution in [0.1, 0.15) is 30.4 Å². The topological polar surface area (TPSA) is 46.5 Å². The predicted molar refractivity (Wildman–Crippen MR) is 65.3 cm³/mol. The monoisotopic (exact) mass is 288 g/mol. The Morgan fingerprint density at radius 3 is 2.40 bits per heavy atom. The molecule has 1 N–H and O–H groups in total. The molecule has 0 aromatic heterocycles. The lowest BCUT2D eigenvalue weighted by molar-refractivity contribution is -0.144. The zero-order chi connectivity index (χ0) is 14.9. The van der Waals surface area contributed by atoms with Gasteiger partial charge in [-0.15, -0.1) is 0 Å². The molecule has 2 rings (SSSR count). The van der Waals surface area contributed by atoms with Crippen LogP contribution in [0.4, 0.5) is 13.2 Å². The number of carboxylic acid groups (broad SMARTS) is 1. The van der Waals surface area contributed by atoms with Crippen molar-refractivity contribution in [2.45, 2.75) is 31.5 Å². The lowest BCUT2D eigenvalue weighted by atomic mass is 9.84. The van der Waals surface area contributed by atoms with Crippen molar-refractivity contribution >= 4 is 5.97 Å². The first-order valence-corrected chi connectivity index (χ1v) is 6.36. The van der Waals surface area contributed by atoms with Crippen LogP contribution in [-0.2, 0) is 15.7 Å². The molecular formula is C14H15F3O3. The molecule has 1 aromatic carbocycles. The number of rotatable bonds is 3. The summed E-state index contributed by atoms with van der Waals surface area (Å²) in [6.07, 6.45) is -4.21. The molecule has 0 spiro atoms. The highest BCUT2D eigenvalue weighted by Crippen LogP contribution is 2.38. The Labute approximate surface area is 114 Å². The van der Waals surface area contributed by atoms with Gasteiger partial charge in [-0.3, -0.25) is 4.79 Å². The standard InChI is InChI=1S/C14H15F3O3/c1-2-11-12(13(18)19)10(7-20-11)8-3-5-9(6-4-8)14(15,16)17/h3-6,10-12H,2,7H2,1H3,(H,18,19). The van der Waals surface area contributed by atoms with E-state index in [0.717, 1.165) is 12.1 Å². The van der Waals surface area contributed by atoms with Crippen molar-refractivity contribution in [1.29, 1.82) is 0 Å². The summed E-state index contributed by atoms with van der Waals surface area (Å²) >= 11 is 0. The van der Waals surface area contributed by atoms with Gasteiger partial charge in [-0.25, -0.2) is 0 Å². The quantitative estimate of drug-likeness (QED) is 0.928. The molecule has 1 aliphatic rings. The Morgan fingerprint density at radius 1 is 1.35 bits per heavy atom. The van der Waals surface area contributed by atoms with Crippen LogP contribution in [0.25, 0.3) is 0 Å². The third-order valence-electron chi connectivity index (χ3n) is 3.68. The first-order chi connectivity index (χ1) is 9.34. The van der Waals surface area contributed by atoms with Crippen LogP contribution in [0, 0.1) is 5.92 Å². The van der Waals surface area contributed by atoms with Crippen molar-refractivity contribution in [3.05, 3.63) is 35.4 Å². The molecule has 20 heavy (non-hydrogen) atoms. The molecule has 1 aromatic rings. The SMILES string of the molecule is CCC1OCC(c2ccc(C(F)(F)F)cc2)C1C(=O)O. The number of ether oxygens (including phenoxy) is 1. The van der Waals surface area contributed by atoms with Gasteiger partial charge in [0.2, 0.25) is 0 Å². The minimum absolute atomic E-state index is 0.223. The highest BCUT2D eigenvalue weighted by Gasteiger charge is 2.42. The van der Waals surface area contributed by atoms with Gasteiger partial charge in [-0.2, -0.15) is 13.2 Å². The van der Waals surface area contributed by atoms with Crippen LogP contribution in [0.2, 0.25) is 0 Å². The highest BCUT2D eigenvalue weighted by molar-refractivity contribution is 5.72. The summed E-state index contributed by atoms with van der Waals surface area (Å²) in [5, 5.41) is 9.27. The molecule has 6 heteroatoms. The highest BCUT2D eigenvalue weighted by atomic mass is 19.4. The summed E-state index contributed by atoms with van der Waals surface area (Å²) in [6.45, 7) is 2.05. The molecule has 110 valence electrons. The fourth-order valence-electron chi connectivity index (χ4n) is 2.62. The van der Waals surface area contributed by atoms with Crippen molar-refractivity contribution in [3.63, 3.8) is 0 Å². The fourth-order valence-corrected chi connectivity index (χ4v) is 2.62. The van der Waals surface area contributed by atoms with Gasteiger partial charge in [-0.1, -0.05) is 19.1 Å². The molecule has 3 unspecified atom stereocenters. The van der Waals surface area contributed by atoms with Gasteiger partial charge in [0.05, 0.1) is 24.2 Å². The largest absolute Gasteiger partial charge is 0.481 e. The minimum atomic E-state index is -4.39. The van der Waals surface area contributed by atoms with Gasteiger partial charge in [0.15, 0.2) is 0 Å². The van der Waals surface area contributed by atoms with E-state index in [0.29, 0.717) is 12.0 Å². The maximum Gasteiger partial charge on any atom is 0.416 e. The van der Waals surface area contributed by atoms with Crippen LogP contribution >= 0.6 is 0 Å². The fraction of sp³-hybridized carbons (Fsp3) is 0.500. The Bertz CT molecular complexity index is 481. The zero-order valence-corrected chi connectivity index (χ0v) is 10.9. The lowest BCUT2D eigenvalue weighted by Crippen LogP contribution is -2.27. The predicted octanol–water partition coefficient (Wildman–Crippen LogP) is 3.30. The van der Waals surface area contributed by atoms with Gasteiger partial charge >= 0.3 is 12.1 Å². The Morgan fingerprint density at radius 2 is 1.95 bits per heavy atom. The number of hydrogen-bond donors (Lipinski definition) is 1. The van der Waals surface area contributed by atoms with Gasteiger partial charge in [0.1, 0.15) is 0 Å². The number of benzene rings is 1. The molecule has 0 radical (unpaired) electrons. The number of carbonyl (C=O) groups is 1. The van der Waals surface area contributed by atoms with E-state index in [1.807, 2.05) is 6.92 Å². The van der Waals surface area contributed by atoms with E-state index < -0.39 is 29.5 Å². The average molecular weight is 288 g/mol. The molecule has 3 atom stereocenters. The molecular weight excluding hydrogens is 273 g/mol. The van der Waals surface area contributed by atoms with Crippen molar-refractivity contribution in [2.75, 3.05) is 6.61 Å². The van der Waals surface area contributed by atoms with Crippen LogP contribution in [-0.4, -0.2) is 23.8 Å². The molecule has 0 aliphatic carbocycles. The van der Waals surface area contributed by atoms with E-state index in [1.165, 1.54) is 12.1 Å². The zero-order valence-electron chi connectivity index (χ0n) is 10.9. The molecule has 0 bridgehead atoms. The smallest absolute Gasteiger partial charge is 0.416 e. The Balaban J connectivity index is 2.25. The first kappa shape index (κ1) is 14.8. The van der Waals surface area contributed by atoms with Crippen LogP contribution < -0.4 is 0 Å². The molecule has 0 amide bonds. The van der Waals surface area contributed by atoms with E-state index >= 15 is 0 Å². The number of hydrogen-bond acceptors (Lipinski definition) is 2. The number of carboxylic acids is 1. The van der Waals surface area contributed by atoms with E-state index in [9.17, 15) is 23.1 Å². The normalized spacial score (nSPS) is 26.7. The second kappa shape index (κ2) is 5.44. The number of halogens is 3. The van der Waals surface area contributed by atoms with Crippen molar-refractivity contribution in [3.8, 4) is 0 Å². The third kappa shape index (κ3) is 2.80. The molecule has 0 saturated carbocycles. The van der Waals surface area contributed by atoms with Gasteiger partial charge in [-0.05, 0) is 24.1 Å². The maximum absolute atomic E-state index is 12.5. The summed E-state index contributed by atoms with van der Waals surface area (Å²) in [5.41, 5.74) is -0.166. The minimum Gasteiger partial charge on any atom is -0.481 e. The van der Waals surface area contributed by atoms with E-state index in [4.69, 9.17) is 4.74 Å². The average Bonchev–Trinajstić information content (AvgIpc) is 2.81. The summed E-state index contributed by atoms with van der Waals surface area (Å²) in [7, 11) is 0. The van der Waals surface area contributed by atoms with Gasteiger partial charge < -0.3 is 9.84 Å². The number of alkyl halides is 3. The summed E-state index contributed by atoms with van der Waals surface area (Å²) in [6, 6.07) is 4.64. The van der Waals surface area contributed by atoms with E-state index in [-0.39, 0.29) is 12.7 Å². The van der Waals surface area contributed by atoms with E-state index in [2.05, 4.69) is 0 Å². The summed E-state index contributed by atoms with van der Waals surface area (Å²) in [5.74, 6) is -2.09. The van der Waals surface area contributed by atoms with Gasteiger partial charge in [0, 0.05) is 5.92 Å². The van der Waals surface area contributed by atoms with Gasteiger partial charge in [0.25, 0.3) is 0 Å². The molecule has 1 aliphatic heterocycles. The molecule has 1 saturated heterocycles. The summed E-state index contributed by atoms with van der Waals surface area (Å²) < 4.78 is 42.9.